The highest BCUT2D eigenvalue weighted by Gasteiger charge is 2.30. The summed E-state index contributed by atoms with van der Waals surface area (Å²) in [6.45, 7) is 1.69. The zero-order chi connectivity index (χ0) is 13.5. The van der Waals surface area contributed by atoms with Gasteiger partial charge in [-0.3, -0.25) is 9.48 Å². The van der Waals surface area contributed by atoms with Crippen molar-refractivity contribution in [3.05, 3.63) is 16.4 Å². The van der Waals surface area contributed by atoms with Crippen molar-refractivity contribution in [1.29, 1.82) is 0 Å². The molecule has 0 aromatic carbocycles. The highest BCUT2D eigenvalue weighted by Crippen LogP contribution is 2.19. The van der Waals surface area contributed by atoms with Gasteiger partial charge in [0, 0.05) is 13.1 Å². The Morgan fingerprint density at radius 1 is 1.56 bits per heavy atom. The van der Waals surface area contributed by atoms with Crippen molar-refractivity contribution < 1.29 is 13.2 Å². The third-order valence-corrected chi connectivity index (χ3v) is 5.15. The van der Waals surface area contributed by atoms with Crippen LogP contribution in [0.1, 0.15) is 22.5 Å². The molecule has 0 aliphatic carbocycles. The van der Waals surface area contributed by atoms with Gasteiger partial charge in [0.05, 0.1) is 22.8 Å². The van der Waals surface area contributed by atoms with E-state index in [0.29, 0.717) is 17.7 Å². The number of sulfone groups is 1. The number of carbonyl (C=O) groups is 1. The molecule has 0 radical (unpaired) electrons. The number of aryl methyl sites for hydroxylation is 2. The highest BCUT2D eigenvalue weighted by atomic mass is 35.5. The summed E-state index contributed by atoms with van der Waals surface area (Å²) in [5, 5.41) is 6.99. The Morgan fingerprint density at radius 3 is 2.67 bits per heavy atom. The van der Waals surface area contributed by atoms with Crippen LogP contribution in [-0.2, 0) is 16.9 Å². The molecule has 8 heteroatoms. The maximum absolute atomic E-state index is 12.0. The Balaban J connectivity index is 2.14. The molecule has 1 fully saturated rings. The molecule has 1 N–H and O–H groups in total. The van der Waals surface area contributed by atoms with Gasteiger partial charge in [-0.15, -0.1) is 0 Å². The Labute approximate surface area is 110 Å². The number of aromatic nitrogens is 2. The van der Waals surface area contributed by atoms with Crippen LogP contribution in [0.15, 0.2) is 0 Å². The van der Waals surface area contributed by atoms with E-state index in [4.69, 9.17) is 11.6 Å². The molecule has 0 bridgehead atoms. The minimum Gasteiger partial charge on any atom is -0.348 e. The quantitative estimate of drug-likeness (QED) is 0.850. The van der Waals surface area contributed by atoms with Crippen LogP contribution in [0, 0.1) is 6.92 Å². The molecule has 0 unspecified atom stereocenters. The predicted molar refractivity (Wildman–Crippen MR) is 67.5 cm³/mol. The maximum Gasteiger partial charge on any atom is 0.256 e. The van der Waals surface area contributed by atoms with Gasteiger partial charge in [0.25, 0.3) is 5.91 Å². The molecular weight excluding hydrogens is 278 g/mol. The summed E-state index contributed by atoms with van der Waals surface area (Å²) in [6.07, 6.45) is 0.449. The Bertz CT molecular complexity index is 594. The molecule has 1 aromatic heterocycles. The molecule has 0 saturated carbocycles. The van der Waals surface area contributed by atoms with Crippen molar-refractivity contribution in [2.45, 2.75) is 19.4 Å². The first-order chi connectivity index (χ1) is 8.30. The average molecular weight is 292 g/mol. The first kappa shape index (κ1) is 13.4. The van der Waals surface area contributed by atoms with Gasteiger partial charge in [0.1, 0.15) is 5.15 Å². The van der Waals surface area contributed by atoms with Crippen LogP contribution >= 0.6 is 11.6 Å². The fraction of sp³-hybridized carbons (Fsp3) is 0.600. The second-order valence-corrected chi connectivity index (χ2v) is 7.03. The van der Waals surface area contributed by atoms with E-state index in [1.165, 1.54) is 4.68 Å². The van der Waals surface area contributed by atoms with Gasteiger partial charge in [0.15, 0.2) is 9.84 Å². The minimum absolute atomic E-state index is 0.00430. The molecule has 1 aromatic rings. The van der Waals surface area contributed by atoms with Gasteiger partial charge >= 0.3 is 0 Å². The zero-order valence-corrected chi connectivity index (χ0v) is 11.7. The molecule has 100 valence electrons. The lowest BCUT2D eigenvalue weighted by molar-refractivity contribution is 0.0940. The second-order valence-electron chi connectivity index (χ2n) is 4.45. The molecule has 18 heavy (non-hydrogen) atoms. The second kappa shape index (κ2) is 4.55. The van der Waals surface area contributed by atoms with E-state index in [9.17, 15) is 13.2 Å². The molecule has 1 aliphatic rings. The van der Waals surface area contributed by atoms with E-state index < -0.39 is 9.84 Å². The van der Waals surface area contributed by atoms with Gasteiger partial charge in [-0.25, -0.2) is 8.42 Å². The molecular formula is C10H14ClN3O3S. The summed E-state index contributed by atoms with van der Waals surface area (Å²) in [5.74, 6) is -0.249. The van der Waals surface area contributed by atoms with Crippen molar-refractivity contribution >= 4 is 27.3 Å². The monoisotopic (exact) mass is 291 g/mol. The third kappa shape index (κ3) is 2.51. The fourth-order valence-corrected chi connectivity index (χ4v) is 3.99. The van der Waals surface area contributed by atoms with E-state index in [-0.39, 0.29) is 28.6 Å². The van der Waals surface area contributed by atoms with Crippen LogP contribution in [0.4, 0.5) is 0 Å². The van der Waals surface area contributed by atoms with E-state index in [2.05, 4.69) is 10.4 Å². The SMILES string of the molecule is Cc1nn(C)c(Cl)c1C(=O)N[C@H]1CCS(=O)(=O)C1. The molecule has 1 saturated heterocycles. The van der Waals surface area contributed by atoms with E-state index in [1.54, 1.807) is 14.0 Å². The number of hydrogen-bond donors (Lipinski definition) is 1. The molecule has 2 heterocycles. The summed E-state index contributed by atoms with van der Waals surface area (Å²) < 4.78 is 24.0. The number of nitrogens with one attached hydrogen (secondary N) is 1. The number of carbonyl (C=O) groups excluding carboxylic acids is 1. The lowest BCUT2D eigenvalue weighted by atomic mass is 10.2. The van der Waals surface area contributed by atoms with Gasteiger partial charge < -0.3 is 5.32 Å². The van der Waals surface area contributed by atoms with Gasteiger partial charge in [-0.1, -0.05) is 11.6 Å². The van der Waals surface area contributed by atoms with Gasteiger partial charge in [-0.2, -0.15) is 5.10 Å². The third-order valence-electron chi connectivity index (χ3n) is 2.95. The molecule has 1 amide bonds. The van der Waals surface area contributed by atoms with Crippen LogP contribution in [0.3, 0.4) is 0 Å². The zero-order valence-electron chi connectivity index (χ0n) is 10.1. The van der Waals surface area contributed by atoms with Crippen molar-refractivity contribution in [3.8, 4) is 0 Å². The number of hydrogen-bond acceptors (Lipinski definition) is 4. The Hall–Kier alpha value is -1.08. The number of amides is 1. The summed E-state index contributed by atoms with van der Waals surface area (Å²) in [4.78, 5) is 12.0. The summed E-state index contributed by atoms with van der Waals surface area (Å²) in [6, 6.07) is -0.335. The fourth-order valence-electron chi connectivity index (χ4n) is 2.05. The van der Waals surface area contributed by atoms with Crippen molar-refractivity contribution in [2.75, 3.05) is 11.5 Å². The highest BCUT2D eigenvalue weighted by molar-refractivity contribution is 7.91. The van der Waals surface area contributed by atoms with Crippen molar-refractivity contribution in [2.24, 2.45) is 7.05 Å². The van der Waals surface area contributed by atoms with Crippen LogP contribution in [0.5, 0.6) is 0 Å². The van der Waals surface area contributed by atoms with Crippen LogP contribution in [0.2, 0.25) is 5.15 Å². The van der Waals surface area contributed by atoms with Gasteiger partial charge in [-0.05, 0) is 13.3 Å². The molecule has 2 rings (SSSR count). The van der Waals surface area contributed by atoms with E-state index in [1.807, 2.05) is 0 Å². The number of nitrogens with zero attached hydrogens (tertiary/aromatic N) is 2. The Kier molecular flexibility index (Phi) is 3.37. The minimum atomic E-state index is -3.01. The standard InChI is InChI=1S/C10H14ClN3O3S/c1-6-8(9(11)14(2)13-6)10(15)12-7-3-4-18(16,17)5-7/h7H,3-5H2,1-2H3,(H,12,15)/t7-/m0/s1. The summed E-state index contributed by atoms with van der Waals surface area (Å²) in [5.41, 5.74) is 0.837. The first-order valence-corrected chi connectivity index (χ1v) is 7.70. The Morgan fingerprint density at radius 2 is 2.22 bits per heavy atom. The smallest absolute Gasteiger partial charge is 0.256 e. The summed E-state index contributed by atoms with van der Waals surface area (Å²) >= 11 is 5.97. The van der Waals surface area contributed by atoms with Crippen molar-refractivity contribution in [3.63, 3.8) is 0 Å². The van der Waals surface area contributed by atoms with Crippen LogP contribution < -0.4 is 5.32 Å². The van der Waals surface area contributed by atoms with E-state index in [0.717, 1.165) is 0 Å². The van der Waals surface area contributed by atoms with Crippen LogP contribution in [0.25, 0.3) is 0 Å². The normalized spacial score (nSPS) is 22.1. The lowest BCUT2D eigenvalue weighted by Gasteiger charge is -2.10. The lowest BCUT2D eigenvalue weighted by Crippen LogP contribution is -2.35. The van der Waals surface area contributed by atoms with Crippen molar-refractivity contribution in [1.82, 2.24) is 15.1 Å². The maximum atomic E-state index is 12.0. The topological polar surface area (TPSA) is 81.1 Å². The molecule has 0 spiro atoms. The first-order valence-electron chi connectivity index (χ1n) is 5.50. The summed E-state index contributed by atoms with van der Waals surface area (Å²) in [7, 11) is -1.36. The predicted octanol–water partition coefficient (Wildman–Crippen LogP) is 0.299. The molecule has 1 aliphatic heterocycles. The average Bonchev–Trinajstić information content (AvgIpc) is 2.68. The van der Waals surface area contributed by atoms with Crippen LogP contribution in [-0.4, -0.2) is 41.7 Å². The van der Waals surface area contributed by atoms with E-state index >= 15 is 0 Å². The number of rotatable bonds is 2. The van der Waals surface area contributed by atoms with Gasteiger partial charge in [0.2, 0.25) is 0 Å². The largest absolute Gasteiger partial charge is 0.348 e. The molecule has 1 atom stereocenters. The molecule has 6 nitrogen and oxygen atoms in total. The number of halogens is 1.